The summed E-state index contributed by atoms with van der Waals surface area (Å²) in [6.07, 6.45) is -3.21. The molecule has 1 fully saturated rings. The van der Waals surface area contributed by atoms with Crippen molar-refractivity contribution in [2.45, 2.75) is 31.0 Å². The summed E-state index contributed by atoms with van der Waals surface area (Å²) in [6, 6.07) is 1.02. The maximum Gasteiger partial charge on any atom is 0.330 e. The van der Waals surface area contributed by atoms with Crippen molar-refractivity contribution in [3.05, 3.63) is 33.1 Å². The van der Waals surface area contributed by atoms with E-state index in [1.807, 2.05) is 4.98 Å². The van der Waals surface area contributed by atoms with Crippen LogP contribution < -0.4 is 11.2 Å². The number of alkyl halides is 1. The number of aromatic nitrogens is 2. The van der Waals surface area contributed by atoms with Crippen molar-refractivity contribution < 1.29 is 19.0 Å². The molecule has 0 saturated carbocycles. The Morgan fingerprint density at radius 2 is 2.28 bits per heavy atom. The van der Waals surface area contributed by atoms with Gasteiger partial charge in [0.2, 0.25) is 0 Å². The molecule has 2 rings (SSSR count). The van der Waals surface area contributed by atoms with Crippen molar-refractivity contribution in [3.8, 4) is 0 Å². The number of rotatable bonds is 2. The van der Waals surface area contributed by atoms with Crippen molar-refractivity contribution in [2.75, 3.05) is 0 Å². The zero-order chi connectivity index (χ0) is 13.5. The molecule has 1 aliphatic rings. The van der Waals surface area contributed by atoms with Gasteiger partial charge in [0.25, 0.3) is 5.56 Å². The number of hydrogen-bond acceptors (Lipinski definition) is 5. The van der Waals surface area contributed by atoms with E-state index in [9.17, 15) is 23.9 Å². The summed E-state index contributed by atoms with van der Waals surface area (Å²) in [4.78, 5) is 35.0. The van der Waals surface area contributed by atoms with E-state index in [0.717, 1.165) is 23.8 Å². The van der Waals surface area contributed by atoms with Gasteiger partial charge in [0.15, 0.2) is 18.2 Å². The molecule has 4 atom stereocenters. The number of H-pyrrole nitrogens is 1. The summed E-state index contributed by atoms with van der Waals surface area (Å²) in [5, 5.41) is 9.58. The van der Waals surface area contributed by atoms with Gasteiger partial charge >= 0.3 is 5.69 Å². The maximum atomic E-state index is 14.3. The molecule has 7 nitrogen and oxygen atoms in total. The molecule has 0 spiro atoms. The van der Waals surface area contributed by atoms with Crippen LogP contribution in [0.25, 0.3) is 0 Å². The van der Waals surface area contributed by atoms with E-state index in [1.54, 1.807) is 0 Å². The molecule has 0 aliphatic carbocycles. The molecule has 8 heteroatoms. The molecule has 1 aliphatic heterocycles. The van der Waals surface area contributed by atoms with Crippen LogP contribution >= 0.6 is 0 Å². The lowest BCUT2D eigenvalue weighted by molar-refractivity contribution is -0.123. The molecule has 2 N–H and O–H groups in total. The van der Waals surface area contributed by atoms with Gasteiger partial charge in [-0.25, -0.2) is 9.18 Å². The predicted molar refractivity (Wildman–Crippen MR) is 56.8 cm³/mol. The van der Waals surface area contributed by atoms with Gasteiger partial charge in [-0.1, -0.05) is 0 Å². The Labute approximate surface area is 99.8 Å². The van der Waals surface area contributed by atoms with Gasteiger partial charge in [-0.05, 0) is 6.92 Å². The third kappa shape index (κ3) is 1.79. The summed E-state index contributed by atoms with van der Waals surface area (Å²) in [6.45, 7) is 1.02. The summed E-state index contributed by atoms with van der Waals surface area (Å²) >= 11 is 0. The fourth-order valence-electron chi connectivity index (χ4n) is 1.88. The SMILES string of the molecule is C[C@@]1(F)[C@H](O)[C@@H](C=O)O[C@H]1n1ccc(=O)[nH]c1=O. The van der Waals surface area contributed by atoms with E-state index in [2.05, 4.69) is 0 Å². The van der Waals surface area contributed by atoms with Crippen LogP contribution in [0, 0.1) is 0 Å². The summed E-state index contributed by atoms with van der Waals surface area (Å²) in [7, 11) is 0. The average molecular weight is 258 g/mol. The number of aliphatic hydroxyl groups excluding tert-OH is 1. The van der Waals surface area contributed by atoms with Crippen LogP contribution in [0.15, 0.2) is 21.9 Å². The molecule has 1 saturated heterocycles. The first-order chi connectivity index (χ1) is 8.37. The van der Waals surface area contributed by atoms with Crippen molar-refractivity contribution in [1.82, 2.24) is 9.55 Å². The van der Waals surface area contributed by atoms with E-state index < -0.39 is 35.4 Å². The number of aromatic amines is 1. The molecule has 0 amide bonds. The quantitative estimate of drug-likeness (QED) is 0.643. The third-order valence-corrected chi connectivity index (χ3v) is 2.90. The normalized spacial score (nSPS) is 35.6. The highest BCUT2D eigenvalue weighted by molar-refractivity contribution is 5.58. The fourth-order valence-corrected chi connectivity index (χ4v) is 1.88. The van der Waals surface area contributed by atoms with Crippen LogP contribution in [0.1, 0.15) is 13.2 Å². The topological polar surface area (TPSA) is 101 Å². The van der Waals surface area contributed by atoms with Crippen LogP contribution in [-0.2, 0) is 9.53 Å². The molecular formula is C10H11FN2O5. The minimum absolute atomic E-state index is 0.263. The lowest BCUT2D eigenvalue weighted by Gasteiger charge is -2.24. The first-order valence-corrected chi connectivity index (χ1v) is 5.17. The van der Waals surface area contributed by atoms with Crippen molar-refractivity contribution in [1.29, 1.82) is 0 Å². The Morgan fingerprint density at radius 3 is 2.78 bits per heavy atom. The predicted octanol–water partition coefficient (Wildman–Crippen LogP) is -1.28. The number of halogens is 1. The molecule has 1 aromatic heterocycles. The molecule has 0 radical (unpaired) electrons. The molecule has 98 valence electrons. The van der Waals surface area contributed by atoms with Gasteiger partial charge < -0.3 is 14.6 Å². The van der Waals surface area contributed by atoms with Gasteiger partial charge in [0.05, 0.1) is 0 Å². The van der Waals surface area contributed by atoms with Crippen LogP contribution in [-0.4, -0.2) is 38.8 Å². The second kappa shape index (κ2) is 4.14. The summed E-state index contributed by atoms with van der Waals surface area (Å²) < 4.78 is 20.1. The number of carbonyl (C=O) groups is 1. The summed E-state index contributed by atoms with van der Waals surface area (Å²) in [5.74, 6) is 0. The third-order valence-electron chi connectivity index (χ3n) is 2.90. The number of ether oxygens (including phenoxy) is 1. The molecule has 0 unspecified atom stereocenters. The summed E-state index contributed by atoms with van der Waals surface area (Å²) in [5.41, 5.74) is -3.84. The van der Waals surface area contributed by atoms with E-state index in [0.29, 0.717) is 0 Å². The monoisotopic (exact) mass is 258 g/mol. The molecule has 0 bridgehead atoms. The van der Waals surface area contributed by atoms with E-state index in [1.165, 1.54) is 0 Å². The Balaban J connectivity index is 2.48. The second-order valence-corrected chi connectivity index (χ2v) is 4.20. The molecule has 2 heterocycles. The van der Waals surface area contributed by atoms with Crippen molar-refractivity contribution in [2.24, 2.45) is 0 Å². The highest BCUT2D eigenvalue weighted by atomic mass is 19.1. The van der Waals surface area contributed by atoms with Gasteiger partial charge in [-0.2, -0.15) is 0 Å². The number of aldehydes is 1. The molecule has 1 aromatic rings. The first-order valence-electron chi connectivity index (χ1n) is 5.17. The Kier molecular flexibility index (Phi) is 2.91. The second-order valence-electron chi connectivity index (χ2n) is 4.20. The number of aliphatic hydroxyl groups is 1. The van der Waals surface area contributed by atoms with E-state index >= 15 is 0 Å². The average Bonchev–Trinajstić information content (AvgIpc) is 2.52. The van der Waals surface area contributed by atoms with Crippen LogP contribution in [0.4, 0.5) is 4.39 Å². The number of nitrogens with one attached hydrogen (secondary N) is 1. The highest BCUT2D eigenvalue weighted by Crippen LogP contribution is 2.39. The van der Waals surface area contributed by atoms with Gasteiger partial charge in [-0.3, -0.25) is 14.3 Å². The maximum absolute atomic E-state index is 14.3. The van der Waals surface area contributed by atoms with Crippen molar-refractivity contribution >= 4 is 6.29 Å². The smallest absolute Gasteiger partial charge is 0.330 e. The molecule has 18 heavy (non-hydrogen) atoms. The Hall–Kier alpha value is -1.80. The van der Waals surface area contributed by atoms with Crippen LogP contribution in [0.2, 0.25) is 0 Å². The Morgan fingerprint density at radius 1 is 1.61 bits per heavy atom. The van der Waals surface area contributed by atoms with E-state index in [4.69, 9.17) is 4.74 Å². The van der Waals surface area contributed by atoms with Crippen LogP contribution in [0.5, 0.6) is 0 Å². The molecule has 0 aromatic carbocycles. The Bertz CT molecular complexity index is 578. The van der Waals surface area contributed by atoms with Gasteiger partial charge in [0, 0.05) is 12.3 Å². The van der Waals surface area contributed by atoms with Gasteiger partial charge in [0.1, 0.15) is 12.2 Å². The largest absolute Gasteiger partial charge is 0.386 e. The molecular weight excluding hydrogens is 247 g/mol. The lowest BCUT2D eigenvalue weighted by atomic mass is 9.99. The van der Waals surface area contributed by atoms with Gasteiger partial charge in [-0.15, -0.1) is 0 Å². The zero-order valence-corrected chi connectivity index (χ0v) is 9.37. The van der Waals surface area contributed by atoms with E-state index in [-0.39, 0.29) is 6.29 Å². The van der Waals surface area contributed by atoms with Crippen LogP contribution in [0.3, 0.4) is 0 Å². The zero-order valence-electron chi connectivity index (χ0n) is 9.37. The highest BCUT2D eigenvalue weighted by Gasteiger charge is 2.55. The fraction of sp³-hybridized carbons (Fsp3) is 0.500. The minimum atomic E-state index is -2.33. The minimum Gasteiger partial charge on any atom is -0.386 e. The van der Waals surface area contributed by atoms with Crippen molar-refractivity contribution in [3.63, 3.8) is 0 Å². The number of carbonyl (C=O) groups excluding carboxylic acids is 1. The number of hydrogen-bond donors (Lipinski definition) is 2. The standard InChI is InChI=1S/C10H11FN2O5/c1-10(11)7(16)5(4-14)18-8(10)13-3-2-6(15)12-9(13)17/h2-5,7-8,16H,1H3,(H,12,15,17)/t5-,7-,8-,10-/m1/s1. The lowest BCUT2D eigenvalue weighted by Crippen LogP contribution is -2.43. The number of nitrogens with zero attached hydrogens (tertiary/aromatic N) is 1. The first kappa shape index (κ1) is 12.7.